The quantitative estimate of drug-likeness (QED) is 0.579. The summed E-state index contributed by atoms with van der Waals surface area (Å²) in [5.74, 6) is 0.177. The van der Waals surface area contributed by atoms with Crippen molar-refractivity contribution in [3.63, 3.8) is 0 Å². The molecule has 28 heavy (non-hydrogen) atoms. The summed E-state index contributed by atoms with van der Waals surface area (Å²) in [6, 6.07) is 11.2. The number of aromatic nitrogens is 1. The topological polar surface area (TPSA) is 74.9 Å². The standard InChI is InChI=1S/C18H18ClN3O3S2.BrH/c1-21(2)27(24,25)14-8-9-16(19)15(10-14)17-11-26-18(22(17)3)20-12-4-6-13(23)7-5-12;/h4-11,23H,1-3H3;1H. The van der Waals surface area contributed by atoms with Gasteiger partial charge in [0.05, 0.1) is 16.3 Å². The van der Waals surface area contributed by atoms with Crippen LogP contribution >= 0.6 is 39.9 Å². The predicted octanol–water partition coefficient (Wildman–Crippen LogP) is 4.17. The van der Waals surface area contributed by atoms with Crippen LogP contribution in [-0.2, 0) is 17.1 Å². The van der Waals surface area contributed by atoms with E-state index in [-0.39, 0.29) is 27.6 Å². The number of aromatic hydroxyl groups is 1. The molecule has 3 rings (SSSR count). The van der Waals surface area contributed by atoms with Crippen molar-refractivity contribution in [3.8, 4) is 17.0 Å². The molecule has 0 fully saturated rings. The van der Waals surface area contributed by atoms with Gasteiger partial charge in [-0.25, -0.2) is 17.7 Å². The second-order valence-electron chi connectivity index (χ2n) is 6.02. The summed E-state index contributed by atoms with van der Waals surface area (Å²) in [5.41, 5.74) is 2.08. The Morgan fingerprint density at radius 3 is 2.39 bits per heavy atom. The molecule has 0 aliphatic carbocycles. The summed E-state index contributed by atoms with van der Waals surface area (Å²) in [6.07, 6.45) is 0. The minimum atomic E-state index is -3.56. The van der Waals surface area contributed by atoms with Gasteiger partial charge >= 0.3 is 0 Å². The Morgan fingerprint density at radius 1 is 1.14 bits per heavy atom. The molecule has 0 aliphatic rings. The first-order valence-corrected chi connectivity index (χ1v) is 10.6. The molecule has 1 N–H and O–H groups in total. The van der Waals surface area contributed by atoms with Gasteiger partial charge < -0.3 is 9.67 Å². The SMILES string of the molecule is Br.CN(C)S(=O)(=O)c1ccc(Cl)c(-c2csc(=Nc3ccc(O)cc3)n2C)c1. The van der Waals surface area contributed by atoms with Gasteiger partial charge in [-0.2, -0.15) is 0 Å². The van der Waals surface area contributed by atoms with Crippen LogP contribution in [0.2, 0.25) is 5.02 Å². The highest BCUT2D eigenvalue weighted by molar-refractivity contribution is 8.93. The largest absolute Gasteiger partial charge is 0.508 e. The third kappa shape index (κ3) is 4.49. The predicted molar refractivity (Wildman–Crippen MR) is 118 cm³/mol. The normalized spacial score (nSPS) is 12.2. The van der Waals surface area contributed by atoms with Gasteiger partial charge in [-0.3, -0.25) is 0 Å². The van der Waals surface area contributed by atoms with E-state index in [2.05, 4.69) is 4.99 Å². The first-order chi connectivity index (χ1) is 12.7. The van der Waals surface area contributed by atoms with Crippen molar-refractivity contribution >= 4 is 55.6 Å². The molecule has 0 bridgehead atoms. The van der Waals surface area contributed by atoms with Crippen LogP contribution in [-0.4, -0.2) is 36.5 Å². The zero-order chi connectivity index (χ0) is 19.8. The molecule has 0 radical (unpaired) electrons. The molecule has 0 unspecified atom stereocenters. The molecule has 0 saturated heterocycles. The number of sulfonamides is 1. The molecule has 150 valence electrons. The van der Waals surface area contributed by atoms with E-state index in [1.54, 1.807) is 36.4 Å². The lowest BCUT2D eigenvalue weighted by molar-refractivity contribution is 0.475. The Balaban J connectivity index is 0.00000280. The van der Waals surface area contributed by atoms with Gasteiger partial charge in [-0.05, 0) is 42.5 Å². The number of halogens is 2. The Bertz CT molecular complexity index is 1150. The molecule has 3 aromatic rings. The summed E-state index contributed by atoms with van der Waals surface area (Å²) in [4.78, 5) is 5.45. The van der Waals surface area contributed by atoms with Crippen molar-refractivity contribution in [1.29, 1.82) is 0 Å². The molecular weight excluding hydrogens is 486 g/mol. The number of phenolic OH excluding ortho intramolecular Hbond substituents is 1. The zero-order valence-corrected chi connectivity index (χ0v) is 19.4. The molecule has 2 aromatic carbocycles. The fourth-order valence-corrected chi connectivity index (χ4v) is 4.48. The lowest BCUT2D eigenvalue weighted by Crippen LogP contribution is -2.22. The molecule has 1 heterocycles. The number of hydrogen-bond donors (Lipinski definition) is 1. The number of phenols is 1. The number of benzene rings is 2. The van der Waals surface area contributed by atoms with E-state index in [4.69, 9.17) is 11.6 Å². The number of hydrogen-bond acceptors (Lipinski definition) is 5. The van der Waals surface area contributed by atoms with Gasteiger partial charge in [0.1, 0.15) is 5.75 Å². The molecular formula is C18H19BrClN3O3S2. The van der Waals surface area contributed by atoms with Crippen molar-refractivity contribution in [2.24, 2.45) is 12.0 Å². The first kappa shape index (κ1) is 22.6. The molecule has 0 amide bonds. The molecule has 10 heteroatoms. The van der Waals surface area contributed by atoms with Gasteiger partial charge in [-0.15, -0.1) is 28.3 Å². The summed E-state index contributed by atoms with van der Waals surface area (Å²) in [5, 5.41) is 11.7. The fraction of sp³-hybridized carbons (Fsp3) is 0.167. The maximum atomic E-state index is 12.4. The summed E-state index contributed by atoms with van der Waals surface area (Å²) >= 11 is 7.76. The highest BCUT2D eigenvalue weighted by atomic mass is 79.9. The minimum Gasteiger partial charge on any atom is -0.508 e. The Hall–Kier alpha value is -1.65. The lowest BCUT2D eigenvalue weighted by atomic mass is 10.2. The molecule has 0 saturated carbocycles. The van der Waals surface area contributed by atoms with Crippen molar-refractivity contribution < 1.29 is 13.5 Å². The lowest BCUT2D eigenvalue weighted by Gasteiger charge is -2.13. The maximum Gasteiger partial charge on any atom is 0.242 e. The van der Waals surface area contributed by atoms with Crippen LogP contribution in [0.1, 0.15) is 0 Å². The van der Waals surface area contributed by atoms with Gasteiger partial charge in [0.2, 0.25) is 10.0 Å². The molecule has 1 aromatic heterocycles. The van der Waals surface area contributed by atoms with Crippen LogP contribution < -0.4 is 4.80 Å². The van der Waals surface area contributed by atoms with Crippen LogP contribution in [0, 0.1) is 0 Å². The second kappa shape index (κ2) is 8.79. The third-order valence-corrected chi connectivity index (χ3v) is 7.05. The fourth-order valence-electron chi connectivity index (χ4n) is 2.42. The zero-order valence-electron chi connectivity index (χ0n) is 15.3. The Kier molecular flexibility index (Phi) is 7.11. The molecule has 0 spiro atoms. The van der Waals surface area contributed by atoms with E-state index in [1.807, 2.05) is 17.0 Å². The van der Waals surface area contributed by atoms with E-state index < -0.39 is 10.0 Å². The molecule has 6 nitrogen and oxygen atoms in total. The number of rotatable bonds is 4. The van der Waals surface area contributed by atoms with Crippen LogP contribution in [0.3, 0.4) is 0 Å². The Labute approximate surface area is 183 Å². The maximum absolute atomic E-state index is 12.4. The summed E-state index contributed by atoms with van der Waals surface area (Å²) in [7, 11) is 1.26. The summed E-state index contributed by atoms with van der Waals surface area (Å²) < 4.78 is 27.9. The van der Waals surface area contributed by atoms with Gasteiger partial charge in [0.25, 0.3) is 0 Å². The van der Waals surface area contributed by atoms with E-state index in [0.717, 1.165) is 5.69 Å². The van der Waals surface area contributed by atoms with E-state index in [0.29, 0.717) is 21.1 Å². The molecule has 0 atom stereocenters. The number of nitrogens with zero attached hydrogens (tertiary/aromatic N) is 3. The van der Waals surface area contributed by atoms with Crippen molar-refractivity contribution in [2.45, 2.75) is 4.90 Å². The van der Waals surface area contributed by atoms with E-state index in [1.165, 1.54) is 35.8 Å². The monoisotopic (exact) mass is 503 g/mol. The van der Waals surface area contributed by atoms with Crippen molar-refractivity contribution in [3.05, 3.63) is 57.7 Å². The second-order valence-corrected chi connectivity index (χ2v) is 9.42. The highest BCUT2D eigenvalue weighted by Gasteiger charge is 2.20. The van der Waals surface area contributed by atoms with Crippen LogP contribution in [0.5, 0.6) is 5.75 Å². The summed E-state index contributed by atoms with van der Waals surface area (Å²) in [6.45, 7) is 0. The highest BCUT2D eigenvalue weighted by Crippen LogP contribution is 2.31. The van der Waals surface area contributed by atoms with Gasteiger partial charge in [0, 0.05) is 37.1 Å². The average molecular weight is 505 g/mol. The van der Waals surface area contributed by atoms with Crippen LogP contribution in [0.15, 0.2) is 57.7 Å². The van der Waals surface area contributed by atoms with Crippen molar-refractivity contribution in [2.75, 3.05) is 14.1 Å². The van der Waals surface area contributed by atoms with E-state index >= 15 is 0 Å². The Morgan fingerprint density at radius 2 is 1.79 bits per heavy atom. The average Bonchev–Trinajstić information content (AvgIpc) is 2.97. The van der Waals surface area contributed by atoms with Crippen LogP contribution in [0.25, 0.3) is 11.3 Å². The molecule has 0 aliphatic heterocycles. The van der Waals surface area contributed by atoms with Gasteiger partial charge in [0.15, 0.2) is 4.80 Å². The van der Waals surface area contributed by atoms with Gasteiger partial charge in [-0.1, -0.05) is 11.6 Å². The van der Waals surface area contributed by atoms with E-state index in [9.17, 15) is 13.5 Å². The first-order valence-electron chi connectivity index (χ1n) is 7.91. The number of thiazole rings is 1. The minimum absolute atomic E-state index is 0. The van der Waals surface area contributed by atoms with Crippen molar-refractivity contribution in [1.82, 2.24) is 8.87 Å². The van der Waals surface area contributed by atoms with Crippen LogP contribution in [0.4, 0.5) is 5.69 Å². The smallest absolute Gasteiger partial charge is 0.242 e. The third-order valence-electron chi connectivity index (χ3n) is 3.99.